The summed E-state index contributed by atoms with van der Waals surface area (Å²) in [4.78, 5) is 25.0. The van der Waals surface area contributed by atoms with Crippen LogP contribution in [0.2, 0.25) is 0 Å². The standard InChI is InChI=1S/C23H27N5O3S/c1-14-6-4-7-15(2)20(14)25-19(29)12-24-22(30)16(3)32-23-27-26-21(17-9-10-17)28(23)13-18-8-5-11-31-18/h4-8,11,16-17H,9-10,12-13H2,1-3H3,(H,24,30)(H,25,29). The van der Waals surface area contributed by atoms with Crippen LogP contribution in [0.25, 0.3) is 0 Å². The summed E-state index contributed by atoms with van der Waals surface area (Å²) in [6.45, 7) is 6.11. The molecule has 0 bridgehead atoms. The molecule has 3 aromatic rings. The number of hydrogen-bond acceptors (Lipinski definition) is 6. The zero-order valence-corrected chi connectivity index (χ0v) is 19.2. The molecule has 0 aliphatic heterocycles. The molecule has 1 unspecified atom stereocenters. The summed E-state index contributed by atoms with van der Waals surface area (Å²) in [5, 5.41) is 14.5. The molecule has 0 saturated heterocycles. The molecule has 1 aliphatic carbocycles. The first-order chi connectivity index (χ1) is 15.4. The van der Waals surface area contributed by atoms with Gasteiger partial charge in [0.05, 0.1) is 24.6 Å². The van der Waals surface area contributed by atoms with Gasteiger partial charge in [-0.2, -0.15) is 0 Å². The predicted octanol–water partition coefficient (Wildman–Crippen LogP) is 3.65. The molecule has 1 fully saturated rings. The van der Waals surface area contributed by atoms with Crippen molar-refractivity contribution in [2.45, 2.75) is 56.5 Å². The van der Waals surface area contributed by atoms with Crippen LogP contribution < -0.4 is 10.6 Å². The fraction of sp³-hybridized carbons (Fsp3) is 0.391. The minimum atomic E-state index is -0.436. The number of nitrogens with one attached hydrogen (secondary N) is 2. The summed E-state index contributed by atoms with van der Waals surface area (Å²) in [6.07, 6.45) is 3.85. The van der Waals surface area contributed by atoms with Crippen LogP contribution in [-0.4, -0.2) is 38.4 Å². The number of anilines is 1. The number of aryl methyl sites for hydroxylation is 2. The minimum Gasteiger partial charge on any atom is -0.467 e. The number of thioether (sulfide) groups is 1. The van der Waals surface area contributed by atoms with E-state index in [1.54, 1.807) is 13.2 Å². The van der Waals surface area contributed by atoms with E-state index in [0.717, 1.165) is 41.2 Å². The molecule has 9 heteroatoms. The van der Waals surface area contributed by atoms with Crippen molar-refractivity contribution in [2.75, 3.05) is 11.9 Å². The van der Waals surface area contributed by atoms with Crippen LogP contribution in [0.15, 0.2) is 46.2 Å². The van der Waals surface area contributed by atoms with Crippen molar-refractivity contribution in [3.05, 3.63) is 59.3 Å². The van der Waals surface area contributed by atoms with Crippen LogP contribution in [0.5, 0.6) is 0 Å². The largest absolute Gasteiger partial charge is 0.467 e. The topological polar surface area (TPSA) is 102 Å². The summed E-state index contributed by atoms with van der Waals surface area (Å²) in [5.74, 6) is 1.68. The summed E-state index contributed by atoms with van der Waals surface area (Å²) < 4.78 is 7.52. The molecule has 32 heavy (non-hydrogen) atoms. The fourth-order valence-electron chi connectivity index (χ4n) is 3.46. The summed E-state index contributed by atoms with van der Waals surface area (Å²) in [7, 11) is 0. The van der Waals surface area contributed by atoms with Crippen molar-refractivity contribution in [2.24, 2.45) is 0 Å². The number of carbonyl (C=O) groups is 2. The second-order valence-electron chi connectivity index (χ2n) is 8.07. The van der Waals surface area contributed by atoms with E-state index in [-0.39, 0.29) is 18.4 Å². The van der Waals surface area contributed by atoms with Crippen molar-refractivity contribution in [1.29, 1.82) is 0 Å². The zero-order valence-electron chi connectivity index (χ0n) is 18.4. The van der Waals surface area contributed by atoms with E-state index in [0.29, 0.717) is 17.6 Å². The van der Waals surface area contributed by atoms with Crippen LogP contribution in [0.3, 0.4) is 0 Å². The molecule has 2 heterocycles. The number of rotatable bonds is 9. The Morgan fingerprint density at radius 3 is 2.59 bits per heavy atom. The highest BCUT2D eigenvalue weighted by molar-refractivity contribution is 8.00. The first kappa shape index (κ1) is 22.1. The van der Waals surface area contributed by atoms with Gasteiger partial charge in [0.1, 0.15) is 11.6 Å². The van der Waals surface area contributed by atoms with Gasteiger partial charge < -0.3 is 15.1 Å². The third kappa shape index (κ3) is 5.21. The van der Waals surface area contributed by atoms with E-state index in [9.17, 15) is 9.59 Å². The molecule has 1 aromatic carbocycles. The molecule has 2 N–H and O–H groups in total. The van der Waals surface area contributed by atoms with Crippen LogP contribution >= 0.6 is 11.8 Å². The van der Waals surface area contributed by atoms with Crippen LogP contribution in [0, 0.1) is 13.8 Å². The van der Waals surface area contributed by atoms with Gasteiger partial charge in [-0.3, -0.25) is 14.2 Å². The Hall–Kier alpha value is -3.07. The molecule has 2 aromatic heterocycles. The van der Waals surface area contributed by atoms with Gasteiger partial charge in [-0.1, -0.05) is 30.0 Å². The molecule has 1 aliphatic rings. The number of amides is 2. The summed E-state index contributed by atoms with van der Waals surface area (Å²) in [5.41, 5.74) is 2.75. The first-order valence-electron chi connectivity index (χ1n) is 10.7. The van der Waals surface area contributed by atoms with Crippen molar-refractivity contribution in [3.63, 3.8) is 0 Å². The molecule has 8 nitrogen and oxygen atoms in total. The van der Waals surface area contributed by atoms with Gasteiger partial charge in [0.2, 0.25) is 11.8 Å². The number of para-hydroxylation sites is 1. The quantitative estimate of drug-likeness (QED) is 0.480. The van der Waals surface area contributed by atoms with Gasteiger partial charge >= 0.3 is 0 Å². The van der Waals surface area contributed by atoms with Gasteiger partial charge in [-0.05, 0) is 56.9 Å². The molecule has 4 rings (SSSR count). The average Bonchev–Trinajstić information content (AvgIpc) is 3.34. The van der Waals surface area contributed by atoms with Crippen LogP contribution in [-0.2, 0) is 16.1 Å². The van der Waals surface area contributed by atoms with Crippen LogP contribution in [0.1, 0.15) is 48.4 Å². The fourth-order valence-corrected chi connectivity index (χ4v) is 4.34. The van der Waals surface area contributed by atoms with Gasteiger partial charge in [0.25, 0.3) is 0 Å². The number of benzene rings is 1. The Bertz CT molecular complexity index is 1080. The molecule has 168 valence electrons. The number of hydrogen-bond donors (Lipinski definition) is 2. The predicted molar refractivity (Wildman–Crippen MR) is 123 cm³/mol. The second kappa shape index (κ2) is 9.60. The molecule has 2 amide bonds. The Kier molecular flexibility index (Phi) is 6.64. The smallest absolute Gasteiger partial charge is 0.243 e. The van der Waals surface area contributed by atoms with E-state index in [2.05, 4.69) is 20.8 Å². The Morgan fingerprint density at radius 1 is 1.19 bits per heavy atom. The molecular weight excluding hydrogens is 426 g/mol. The lowest BCUT2D eigenvalue weighted by atomic mass is 10.1. The average molecular weight is 454 g/mol. The third-order valence-electron chi connectivity index (χ3n) is 5.40. The van der Waals surface area contributed by atoms with E-state index < -0.39 is 5.25 Å². The summed E-state index contributed by atoms with van der Waals surface area (Å²) in [6, 6.07) is 9.59. The first-order valence-corrected chi connectivity index (χ1v) is 11.6. The Balaban J connectivity index is 1.35. The van der Waals surface area contributed by atoms with Crippen LogP contribution in [0.4, 0.5) is 5.69 Å². The molecule has 0 spiro atoms. The molecular formula is C23H27N5O3S. The highest BCUT2D eigenvalue weighted by Crippen LogP contribution is 2.40. The van der Waals surface area contributed by atoms with Gasteiger partial charge in [-0.25, -0.2) is 0 Å². The maximum Gasteiger partial charge on any atom is 0.243 e. The highest BCUT2D eigenvalue weighted by Gasteiger charge is 2.31. The zero-order chi connectivity index (χ0) is 22.7. The summed E-state index contributed by atoms with van der Waals surface area (Å²) >= 11 is 1.33. The number of nitrogens with zero attached hydrogens (tertiary/aromatic N) is 3. The van der Waals surface area contributed by atoms with E-state index in [4.69, 9.17) is 4.42 Å². The van der Waals surface area contributed by atoms with E-state index in [1.807, 2.05) is 48.7 Å². The molecule has 1 atom stereocenters. The van der Waals surface area contributed by atoms with Gasteiger partial charge in [0, 0.05) is 11.6 Å². The second-order valence-corrected chi connectivity index (χ2v) is 9.38. The third-order valence-corrected chi connectivity index (χ3v) is 6.48. The monoisotopic (exact) mass is 453 g/mol. The van der Waals surface area contributed by atoms with Gasteiger partial charge in [0.15, 0.2) is 5.16 Å². The Labute approximate surface area is 191 Å². The maximum absolute atomic E-state index is 12.6. The SMILES string of the molecule is Cc1cccc(C)c1NC(=O)CNC(=O)C(C)Sc1nnc(C2CC2)n1Cc1ccco1. The Morgan fingerprint density at radius 2 is 1.94 bits per heavy atom. The molecule has 1 saturated carbocycles. The number of aromatic nitrogens is 3. The highest BCUT2D eigenvalue weighted by atomic mass is 32.2. The number of furan rings is 1. The van der Waals surface area contributed by atoms with Crippen molar-refractivity contribution in [3.8, 4) is 0 Å². The molecule has 0 radical (unpaired) electrons. The van der Waals surface area contributed by atoms with Gasteiger partial charge in [-0.15, -0.1) is 10.2 Å². The lowest BCUT2D eigenvalue weighted by Gasteiger charge is -2.14. The normalized spacial score (nSPS) is 14.2. The maximum atomic E-state index is 12.6. The lowest BCUT2D eigenvalue weighted by molar-refractivity contribution is -0.123. The van der Waals surface area contributed by atoms with Crippen molar-refractivity contribution in [1.82, 2.24) is 20.1 Å². The van der Waals surface area contributed by atoms with Crippen molar-refractivity contribution < 1.29 is 14.0 Å². The lowest BCUT2D eigenvalue weighted by Crippen LogP contribution is -2.37. The number of carbonyl (C=O) groups excluding carboxylic acids is 2. The van der Waals surface area contributed by atoms with Crippen molar-refractivity contribution >= 4 is 29.3 Å². The van der Waals surface area contributed by atoms with E-state index in [1.165, 1.54) is 11.8 Å². The van der Waals surface area contributed by atoms with E-state index >= 15 is 0 Å². The minimum absolute atomic E-state index is 0.0933.